The SMILES string of the molecule is COc1ccc(C(=O)Nc2cccc(CN3C(=O)[C@]4(O[C@H](CCn5cc([C@H](O)c6ccccc6)nn5)[C@@H]([Si](C)(C)c5ccc(OC)cc5)[C@@H]4C)c4ccccc43)c2)cc1. The summed E-state index contributed by atoms with van der Waals surface area (Å²) in [6, 6.07) is 40.3. The number of anilines is 2. The summed E-state index contributed by atoms with van der Waals surface area (Å²) in [5, 5.41) is 24.0. The zero-order valence-corrected chi connectivity index (χ0v) is 34.9. The molecule has 0 bridgehead atoms. The number of benzene rings is 5. The Bertz CT molecular complexity index is 2440. The summed E-state index contributed by atoms with van der Waals surface area (Å²) in [4.78, 5) is 30.3. The number of methoxy groups -OCH3 is 2. The average molecular weight is 808 g/mol. The number of nitrogens with zero attached hydrogens (tertiary/aromatic N) is 4. The molecule has 2 aliphatic heterocycles. The van der Waals surface area contributed by atoms with Crippen molar-refractivity contribution in [1.29, 1.82) is 0 Å². The number of para-hydroxylation sites is 1. The van der Waals surface area contributed by atoms with Crippen LogP contribution in [0.3, 0.4) is 0 Å². The van der Waals surface area contributed by atoms with Crippen LogP contribution in [0.5, 0.6) is 11.5 Å². The number of nitrogens with one attached hydrogen (secondary N) is 1. The van der Waals surface area contributed by atoms with Crippen LogP contribution in [0.4, 0.5) is 11.4 Å². The number of carbonyl (C=O) groups is 2. The Morgan fingerprint density at radius 1 is 0.898 bits per heavy atom. The third-order valence-corrected chi connectivity index (χ3v) is 16.6. The number of hydrogen-bond acceptors (Lipinski definition) is 8. The molecule has 1 fully saturated rings. The number of ether oxygens (including phenoxy) is 3. The maximum Gasteiger partial charge on any atom is 0.264 e. The number of aryl methyl sites for hydroxylation is 1. The van der Waals surface area contributed by atoms with E-state index >= 15 is 4.79 Å². The van der Waals surface area contributed by atoms with Gasteiger partial charge in [-0.2, -0.15) is 0 Å². The highest BCUT2D eigenvalue weighted by Crippen LogP contribution is 2.60. The van der Waals surface area contributed by atoms with Gasteiger partial charge in [-0.1, -0.05) is 103 Å². The fourth-order valence-electron chi connectivity index (χ4n) is 9.18. The molecule has 1 saturated heterocycles. The van der Waals surface area contributed by atoms with E-state index < -0.39 is 19.8 Å². The molecular formula is C47H49N5O6Si. The van der Waals surface area contributed by atoms with Crippen LogP contribution in [0.2, 0.25) is 18.6 Å². The van der Waals surface area contributed by atoms with E-state index in [4.69, 9.17) is 14.2 Å². The number of hydrogen-bond donors (Lipinski definition) is 2. The summed E-state index contributed by atoms with van der Waals surface area (Å²) in [6.45, 7) is 7.69. The maximum atomic E-state index is 15.3. The van der Waals surface area contributed by atoms with Crippen LogP contribution in [0.15, 0.2) is 134 Å². The molecule has 302 valence electrons. The minimum Gasteiger partial charge on any atom is -0.497 e. The van der Waals surface area contributed by atoms with Crippen molar-refractivity contribution in [2.75, 3.05) is 24.4 Å². The first-order chi connectivity index (χ1) is 28.5. The molecule has 0 unspecified atom stereocenters. The van der Waals surface area contributed by atoms with E-state index in [0.717, 1.165) is 28.1 Å². The lowest BCUT2D eigenvalue weighted by Crippen LogP contribution is -2.51. The van der Waals surface area contributed by atoms with Crippen molar-refractivity contribution in [3.8, 4) is 11.5 Å². The van der Waals surface area contributed by atoms with Crippen LogP contribution in [-0.4, -0.2) is 60.3 Å². The normalized spacial score (nSPS) is 20.4. The predicted molar refractivity (Wildman–Crippen MR) is 230 cm³/mol. The molecule has 5 atom stereocenters. The van der Waals surface area contributed by atoms with Crippen molar-refractivity contribution in [1.82, 2.24) is 15.0 Å². The molecule has 0 saturated carbocycles. The lowest BCUT2D eigenvalue weighted by molar-refractivity contribution is -0.146. The van der Waals surface area contributed by atoms with Gasteiger partial charge >= 0.3 is 0 Å². The summed E-state index contributed by atoms with van der Waals surface area (Å²) < 4.78 is 19.8. The lowest BCUT2D eigenvalue weighted by atomic mass is 9.82. The second-order valence-electron chi connectivity index (χ2n) is 16.0. The molecule has 59 heavy (non-hydrogen) atoms. The molecule has 11 nitrogen and oxygen atoms in total. The largest absolute Gasteiger partial charge is 0.497 e. The fourth-order valence-corrected chi connectivity index (χ4v) is 13.2. The van der Waals surface area contributed by atoms with Gasteiger partial charge in [0, 0.05) is 29.3 Å². The van der Waals surface area contributed by atoms with Crippen LogP contribution in [0, 0.1) is 5.92 Å². The Hall–Kier alpha value is -6.08. The third kappa shape index (κ3) is 7.43. The number of amides is 2. The average Bonchev–Trinajstić information content (AvgIpc) is 3.93. The van der Waals surface area contributed by atoms with Crippen LogP contribution < -0.4 is 24.9 Å². The van der Waals surface area contributed by atoms with Crippen LogP contribution in [0.1, 0.15) is 52.2 Å². The van der Waals surface area contributed by atoms with E-state index in [1.165, 1.54) is 5.19 Å². The van der Waals surface area contributed by atoms with Crippen molar-refractivity contribution >= 4 is 36.4 Å². The van der Waals surface area contributed by atoms with Gasteiger partial charge in [0.1, 0.15) is 23.3 Å². The molecule has 3 heterocycles. The van der Waals surface area contributed by atoms with Crippen molar-refractivity contribution in [2.45, 2.75) is 62.9 Å². The molecule has 2 amide bonds. The van der Waals surface area contributed by atoms with Crippen molar-refractivity contribution in [2.24, 2.45) is 5.92 Å². The number of aliphatic hydroxyl groups excluding tert-OH is 1. The first-order valence-corrected chi connectivity index (χ1v) is 23.0. The van der Waals surface area contributed by atoms with Crippen molar-refractivity contribution in [3.63, 3.8) is 0 Å². The summed E-state index contributed by atoms with van der Waals surface area (Å²) in [6.07, 6.45) is 1.18. The molecule has 1 spiro atoms. The number of carbonyl (C=O) groups excluding carboxylic acids is 2. The lowest BCUT2D eigenvalue weighted by Gasteiger charge is -2.37. The molecule has 0 radical (unpaired) electrons. The molecule has 8 rings (SSSR count). The highest BCUT2D eigenvalue weighted by atomic mass is 28.3. The van der Waals surface area contributed by atoms with E-state index in [0.29, 0.717) is 42.2 Å². The van der Waals surface area contributed by atoms with Crippen LogP contribution >= 0.6 is 0 Å². The number of fused-ring (bicyclic) bond motifs is 2. The smallest absolute Gasteiger partial charge is 0.264 e. The van der Waals surface area contributed by atoms with Crippen molar-refractivity contribution < 1.29 is 28.9 Å². The van der Waals surface area contributed by atoms with E-state index in [-0.39, 0.29) is 29.4 Å². The quantitative estimate of drug-likeness (QED) is 0.115. The first kappa shape index (κ1) is 39.7. The van der Waals surface area contributed by atoms with Gasteiger partial charge in [0.15, 0.2) is 5.60 Å². The minimum absolute atomic E-state index is 0.0299. The van der Waals surface area contributed by atoms with Gasteiger partial charge in [-0.25, -0.2) is 0 Å². The molecular weight excluding hydrogens is 759 g/mol. The van der Waals surface area contributed by atoms with Crippen LogP contribution in [0.25, 0.3) is 0 Å². The zero-order chi connectivity index (χ0) is 41.3. The standard InChI is InChI=1S/C47H49N5O6Si/c1-31-44(59(4,5)38-24-22-37(57-3)23-25-38)42(26-27-51-30-40(49-50-51)43(53)33-13-7-6-8-14-33)58-47(31)39-16-9-10-17-41(39)52(46(47)55)29-32-12-11-15-35(28-32)48-45(54)34-18-20-36(56-2)21-19-34/h6-25,28,30-31,42-44,53H,26-27,29H2,1-5H3,(H,48,54)/t31-,42+,43+,44-,47+/m0/s1. The van der Waals surface area contributed by atoms with E-state index in [2.05, 4.69) is 47.8 Å². The van der Waals surface area contributed by atoms with Gasteiger partial charge in [0.2, 0.25) is 0 Å². The van der Waals surface area contributed by atoms with Gasteiger partial charge in [-0.05, 0) is 77.7 Å². The first-order valence-electron chi connectivity index (χ1n) is 19.9. The van der Waals surface area contributed by atoms with Gasteiger partial charge in [-0.15, -0.1) is 5.10 Å². The van der Waals surface area contributed by atoms with Gasteiger partial charge in [0.25, 0.3) is 11.8 Å². The molecule has 6 aromatic rings. The Morgan fingerprint density at radius 2 is 1.58 bits per heavy atom. The second-order valence-corrected chi connectivity index (χ2v) is 20.6. The predicted octanol–water partition coefficient (Wildman–Crippen LogP) is 7.48. The molecule has 0 aliphatic carbocycles. The summed E-state index contributed by atoms with van der Waals surface area (Å²) in [5.41, 5.74) is 3.70. The van der Waals surface area contributed by atoms with Gasteiger partial charge in [-0.3, -0.25) is 14.3 Å². The Labute approximate surface area is 345 Å². The Morgan fingerprint density at radius 3 is 2.29 bits per heavy atom. The molecule has 2 aliphatic rings. The topological polar surface area (TPSA) is 128 Å². The highest BCUT2D eigenvalue weighted by Gasteiger charge is 2.66. The number of rotatable bonds is 13. The summed E-state index contributed by atoms with van der Waals surface area (Å²) in [7, 11) is 0.872. The molecule has 5 aromatic carbocycles. The zero-order valence-electron chi connectivity index (χ0n) is 33.9. The van der Waals surface area contributed by atoms with E-state index in [9.17, 15) is 9.90 Å². The highest BCUT2D eigenvalue weighted by molar-refractivity contribution is 6.91. The molecule has 12 heteroatoms. The Kier molecular flexibility index (Phi) is 11.0. The van der Waals surface area contributed by atoms with Crippen LogP contribution in [-0.2, 0) is 28.2 Å². The van der Waals surface area contributed by atoms with E-state index in [1.807, 2.05) is 95.9 Å². The van der Waals surface area contributed by atoms with E-state index in [1.54, 1.807) is 49.4 Å². The van der Waals surface area contributed by atoms with Crippen molar-refractivity contribution in [3.05, 3.63) is 162 Å². The molecule has 1 aromatic heterocycles. The summed E-state index contributed by atoms with van der Waals surface area (Å²) in [5.74, 6) is 0.943. The van der Waals surface area contributed by atoms with Gasteiger partial charge in [0.05, 0.1) is 46.8 Å². The molecule has 2 N–H and O–H groups in total. The van der Waals surface area contributed by atoms with Gasteiger partial charge < -0.3 is 29.5 Å². The Balaban J connectivity index is 1.09. The maximum absolute atomic E-state index is 15.3. The number of aliphatic hydroxyl groups is 1. The fraction of sp³-hybridized carbons (Fsp3) is 0.277. The monoisotopic (exact) mass is 807 g/mol. The second kappa shape index (κ2) is 16.3. The summed E-state index contributed by atoms with van der Waals surface area (Å²) >= 11 is 0. The minimum atomic E-state index is -2.38. The third-order valence-electron chi connectivity index (χ3n) is 12.2. The number of aromatic nitrogens is 3.